The van der Waals surface area contributed by atoms with Crippen molar-refractivity contribution in [3.8, 4) is 23.0 Å². The summed E-state index contributed by atoms with van der Waals surface area (Å²) in [4.78, 5) is 2.42. The van der Waals surface area contributed by atoms with E-state index in [1.54, 1.807) is 28.4 Å². The summed E-state index contributed by atoms with van der Waals surface area (Å²) >= 11 is 0. The molecule has 2 rings (SSSR count). The van der Waals surface area contributed by atoms with Crippen molar-refractivity contribution >= 4 is 0 Å². The van der Waals surface area contributed by atoms with Crippen molar-refractivity contribution in [2.75, 3.05) is 61.7 Å². The molecule has 0 aromatic heterocycles. The SMILES string of the molecule is CCNCC(CCCN(C)CCc1ccc(OC)c(OC)c1)(c1ccc(OC)c(OC)c1)C(C)C. The van der Waals surface area contributed by atoms with E-state index in [-0.39, 0.29) is 5.41 Å². The number of nitrogens with zero attached hydrogens (tertiary/aromatic N) is 1. The molecule has 0 aliphatic carbocycles. The maximum atomic E-state index is 5.63. The summed E-state index contributed by atoms with van der Waals surface area (Å²) in [5, 5.41) is 3.63. The van der Waals surface area contributed by atoms with Crippen LogP contribution in [0.25, 0.3) is 0 Å². The van der Waals surface area contributed by atoms with Gasteiger partial charge < -0.3 is 29.2 Å². The van der Waals surface area contributed by atoms with Crippen LogP contribution in [0.15, 0.2) is 36.4 Å². The molecular weight excluding hydrogens is 440 g/mol. The van der Waals surface area contributed by atoms with Crippen LogP contribution in [-0.4, -0.2) is 66.6 Å². The second-order valence-corrected chi connectivity index (χ2v) is 9.51. The highest BCUT2D eigenvalue weighted by atomic mass is 16.5. The van der Waals surface area contributed by atoms with Crippen molar-refractivity contribution in [3.05, 3.63) is 47.5 Å². The molecular formula is C29H46N2O4. The normalized spacial score (nSPS) is 13.1. The molecule has 0 fully saturated rings. The maximum Gasteiger partial charge on any atom is 0.161 e. The van der Waals surface area contributed by atoms with Gasteiger partial charge in [0.1, 0.15) is 0 Å². The molecule has 0 amide bonds. The van der Waals surface area contributed by atoms with Crippen LogP contribution in [-0.2, 0) is 11.8 Å². The molecule has 0 saturated carbocycles. The highest BCUT2D eigenvalue weighted by Gasteiger charge is 2.35. The average molecular weight is 487 g/mol. The number of hydrogen-bond donors (Lipinski definition) is 1. The Morgan fingerprint density at radius 1 is 0.829 bits per heavy atom. The van der Waals surface area contributed by atoms with Gasteiger partial charge in [-0.15, -0.1) is 0 Å². The molecule has 0 radical (unpaired) electrons. The van der Waals surface area contributed by atoms with Crippen LogP contribution in [0.1, 0.15) is 44.7 Å². The smallest absolute Gasteiger partial charge is 0.161 e. The quantitative estimate of drug-likeness (QED) is 0.353. The number of methoxy groups -OCH3 is 4. The fraction of sp³-hybridized carbons (Fsp3) is 0.586. The van der Waals surface area contributed by atoms with Crippen LogP contribution < -0.4 is 24.3 Å². The lowest BCUT2D eigenvalue weighted by atomic mass is 9.68. The Balaban J connectivity index is 2.08. The third kappa shape index (κ3) is 7.52. The third-order valence-corrected chi connectivity index (χ3v) is 7.15. The third-order valence-electron chi connectivity index (χ3n) is 7.15. The maximum absolute atomic E-state index is 5.63. The van der Waals surface area contributed by atoms with E-state index in [0.717, 1.165) is 68.4 Å². The molecule has 0 spiro atoms. The topological polar surface area (TPSA) is 52.2 Å². The van der Waals surface area contributed by atoms with Gasteiger partial charge in [0.15, 0.2) is 23.0 Å². The lowest BCUT2D eigenvalue weighted by molar-refractivity contribution is 0.242. The Kier molecular flexibility index (Phi) is 11.7. The minimum atomic E-state index is 0.0136. The molecule has 2 aromatic rings. The number of ether oxygens (including phenoxy) is 4. The van der Waals surface area contributed by atoms with Crippen LogP contribution in [0, 0.1) is 5.92 Å². The molecule has 2 aromatic carbocycles. The highest BCUT2D eigenvalue weighted by molar-refractivity contribution is 5.46. The van der Waals surface area contributed by atoms with E-state index in [2.05, 4.69) is 62.3 Å². The average Bonchev–Trinajstić information content (AvgIpc) is 2.88. The zero-order chi connectivity index (χ0) is 25.8. The number of benzene rings is 2. The lowest BCUT2D eigenvalue weighted by Gasteiger charge is -2.39. The summed E-state index contributed by atoms with van der Waals surface area (Å²) in [5.41, 5.74) is 2.57. The monoisotopic (exact) mass is 486 g/mol. The minimum Gasteiger partial charge on any atom is -0.493 e. The molecule has 1 N–H and O–H groups in total. The molecule has 0 aliphatic rings. The predicted octanol–water partition coefficient (Wildman–Crippen LogP) is 5.18. The molecule has 0 aliphatic heterocycles. The van der Waals surface area contributed by atoms with Gasteiger partial charge in [-0.3, -0.25) is 0 Å². The number of rotatable bonds is 16. The Morgan fingerprint density at radius 2 is 1.43 bits per heavy atom. The van der Waals surface area contributed by atoms with Crippen molar-refractivity contribution in [1.82, 2.24) is 10.2 Å². The Morgan fingerprint density at radius 3 is 2.00 bits per heavy atom. The fourth-order valence-electron chi connectivity index (χ4n) is 4.79. The van der Waals surface area contributed by atoms with E-state index in [9.17, 15) is 0 Å². The molecule has 1 atom stereocenters. The zero-order valence-corrected chi connectivity index (χ0v) is 23.1. The second kappa shape index (κ2) is 14.2. The number of likely N-dealkylation sites (N-methyl/N-ethyl adjacent to an activating group) is 2. The van der Waals surface area contributed by atoms with E-state index in [4.69, 9.17) is 18.9 Å². The minimum absolute atomic E-state index is 0.0136. The first-order valence-electron chi connectivity index (χ1n) is 12.7. The van der Waals surface area contributed by atoms with Gasteiger partial charge in [0.05, 0.1) is 28.4 Å². The van der Waals surface area contributed by atoms with E-state index >= 15 is 0 Å². The Hall–Kier alpha value is -2.44. The summed E-state index contributed by atoms with van der Waals surface area (Å²) in [6.07, 6.45) is 3.17. The molecule has 6 heteroatoms. The Bertz CT molecular complexity index is 902. The van der Waals surface area contributed by atoms with Gasteiger partial charge in [0, 0.05) is 18.5 Å². The van der Waals surface area contributed by atoms with Gasteiger partial charge in [-0.1, -0.05) is 32.9 Å². The predicted molar refractivity (Wildman–Crippen MR) is 145 cm³/mol. The van der Waals surface area contributed by atoms with Gasteiger partial charge in [-0.05, 0) is 80.7 Å². The van der Waals surface area contributed by atoms with Crippen molar-refractivity contribution in [2.24, 2.45) is 5.92 Å². The lowest BCUT2D eigenvalue weighted by Crippen LogP contribution is -2.43. The molecule has 0 saturated heterocycles. The van der Waals surface area contributed by atoms with Gasteiger partial charge >= 0.3 is 0 Å². The summed E-state index contributed by atoms with van der Waals surface area (Å²) < 4.78 is 21.9. The van der Waals surface area contributed by atoms with Crippen molar-refractivity contribution in [2.45, 2.75) is 45.4 Å². The summed E-state index contributed by atoms with van der Waals surface area (Å²) in [6.45, 7) is 10.7. The summed E-state index contributed by atoms with van der Waals surface area (Å²) in [6, 6.07) is 12.6. The van der Waals surface area contributed by atoms with Gasteiger partial charge in [0.2, 0.25) is 0 Å². The first-order chi connectivity index (χ1) is 16.8. The highest BCUT2D eigenvalue weighted by Crippen LogP contribution is 2.40. The van der Waals surface area contributed by atoms with Crippen molar-refractivity contribution < 1.29 is 18.9 Å². The molecule has 1 unspecified atom stereocenters. The molecule has 6 nitrogen and oxygen atoms in total. The molecule has 0 bridgehead atoms. The first-order valence-corrected chi connectivity index (χ1v) is 12.7. The molecule has 196 valence electrons. The Labute approximate surface area is 212 Å². The van der Waals surface area contributed by atoms with Crippen LogP contribution >= 0.6 is 0 Å². The van der Waals surface area contributed by atoms with E-state index in [1.165, 1.54) is 11.1 Å². The van der Waals surface area contributed by atoms with Crippen molar-refractivity contribution in [3.63, 3.8) is 0 Å². The number of hydrogen-bond acceptors (Lipinski definition) is 6. The van der Waals surface area contributed by atoms with Gasteiger partial charge in [-0.25, -0.2) is 0 Å². The van der Waals surface area contributed by atoms with E-state index < -0.39 is 0 Å². The van der Waals surface area contributed by atoms with Crippen LogP contribution in [0.4, 0.5) is 0 Å². The van der Waals surface area contributed by atoms with Crippen LogP contribution in [0.5, 0.6) is 23.0 Å². The number of nitrogens with one attached hydrogen (secondary N) is 1. The van der Waals surface area contributed by atoms with Gasteiger partial charge in [-0.2, -0.15) is 0 Å². The zero-order valence-electron chi connectivity index (χ0n) is 23.1. The van der Waals surface area contributed by atoms with Crippen LogP contribution in [0.3, 0.4) is 0 Å². The molecule has 35 heavy (non-hydrogen) atoms. The summed E-state index contributed by atoms with van der Waals surface area (Å²) in [7, 11) is 8.94. The van der Waals surface area contributed by atoms with Crippen molar-refractivity contribution in [1.29, 1.82) is 0 Å². The largest absolute Gasteiger partial charge is 0.493 e. The second-order valence-electron chi connectivity index (χ2n) is 9.51. The van der Waals surface area contributed by atoms with Gasteiger partial charge in [0.25, 0.3) is 0 Å². The molecule has 0 heterocycles. The van der Waals surface area contributed by atoms with E-state index in [0.29, 0.717) is 5.92 Å². The standard InChI is InChI=1S/C29H46N2O4/c1-9-30-21-29(22(2)3,24-12-14-26(33-6)28(20-24)35-8)16-10-17-31(4)18-15-23-11-13-25(32-5)27(19-23)34-7/h11-14,19-20,22,30H,9-10,15-18,21H2,1-8H3. The van der Waals surface area contributed by atoms with Crippen LogP contribution in [0.2, 0.25) is 0 Å². The van der Waals surface area contributed by atoms with E-state index in [1.807, 2.05) is 12.1 Å². The summed E-state index contributed by atoms with van der Waals surface area (Å²) in [5.74, 6) is 3.58. The first kappa shape index (κ1) is 28.8. The fourth-order valence-corrected chi connectivity index (χ4v) is 4.79.